The summed E-state index contributed by atoms with van der Waals surface area (Å²) in [6.07, 6.45) is 0. The van der Waals surface area contributed by atoms with Crippen molar-refractivity contribution in [2.45, 2.75) is 26.2 Å². The van der Waals surface area contributed by atoms with Crippen LogP contribution in [0.3, 0.4) is 0 Å². The number of nitro benzene ring substituents is 1. The summed E-state index contributed by atoms with van der Waals surface area (Å²) in [5.74, 6) is -1.03. The average molecular weight is 306 g/mol. The normalized spacial score (nSPS) is 11.4. The largest absolute Gasteiger partial charge is 0.477 e. The summed E-state index contributed by atoms with van der Waals surface area (Å²) in [5.41, 5.74) is 0.578. The molecule has 2 aromatic rings. The van der Waals surface area contributed by atoms with Gasteiger partial charge in [0.05, 0.1) is 10.6 Å². The van der Waals surface area contributed by atoms with Crippen molar-refractivity contribution in [1.29, 1.82) is 0 Å². The van der Waals surface area contributed by atoms with Crippen molar-refractivity contribution >= 4 is 23.0 Å². The Labute approximate surface area is 125 Å². The lowest BCUT2D eigenvalue weighted by atomic mass is 9.91. The zero-order valence-corrected chi connectivity index (χ0v) is 12.6. The van der Waals surface area contributed by atoms with Gasteiger partial charge in [-0.1, -0.05) is 32.9 Å². The number of benzene rings is 1. The standard InChI is InChI=1S/C14H14N2O4S/c1-14(2,3)11-10(13(17)18)21-12(15-11)8-5-4-6-9(7-8)16(19)20/h4-7H,1-3H3,(H,17,18). The van der Waals surface area contributed by atoms with E-state index in [1.165, 1.54) is 12.1 Å². The molecule has 2 rings (SSSR count). The Hall–Kier alpha value is -2.28. The Bertz CT molecular complexity index is 716. The molecule has 1 aromatic heterocycles. The lowest BCUT2D eigenvalue weighted by Gasteiger charge is -2.15. The Morgan fingerprint density at radius 2 is 2.05 bits per heavy atom. The third kappa shape index (κ3) is 3.08. The molecule has 21 heavy (non-hydrogen) atoms. The van der Waals surface area contributed by atoms with Crippen molar-refractivity contribution in [3.8, 4) is 10.6 Å². The van der Waals surface area contributed by atoms with E-state index in [1.807, 2.05) is 20.8 Å². The monoisotopic (exact) mass is 306 g/mol. The fourth-order valence-electron chi connectivity index (χ4n) is 1.85. The molecule has 0 amide bonds. The minimum Gasteiger partial charge on any atom is -0.477 e. The molecule has 0 unspecified atom stereocenters. The SMILES string of the molecule is CC(C)(C)c1nc(-c2cccc([N+](=O)[O-])c2)sc1C(=O)O. The van der Waals surface area contributed by atoms with Crippen LogP contribution in [0.15, 0.2) is 24.3 Å². The number of rotatable bonds is 3. The van der Waals surface area contributed by atoms with Gasteiger partial charge in [-0.15, -0.1) is 11.3 Å². The Morgan fingerprint density at radius 1 is 1.38 bits per heavy atom. The maximum atomic E-state index is 11.4. The van der Waals surface area contributed by atoms with Gasteiger partial charge in [-0.05, 0) is 0 Å². The third-order valence-corrected chi connectivity index (χ3v) is 3.93. The molecule has 6 nitrogen and oxygen atoms in total. The predicted molar refractivity (Wildman–Crippen MR) is 79.9 cm³/mol. The van der Waals surface area contributed by atoms with Crippen molar-refractivity contribution in [2.24, 2.45) is 0 Å². The van der Waals surface area contributed by atoms with Crippen LogP contribution in [0, 0.1) is 10.1 Å². The van der Waals surface area contributed by atoms with Gasteiger partial charge in [0.2, 0.25) is 0 Å². The highest BCUT2D eigenvalue weighted by atomic mass is 32.1. The van der Waals surface area contributed by atoms with Crippen molar-refractivity contribution in [3.63, 3.8) is 0 Å². The molecule has 0 atom stereocenters. The first-order valence-electron chi connectivity index (χ1n) is 6.19. The summed E-state index contributed by atoms with van der Waals surface area (Å²) >= 11 is 1.03. The molecule has 0 saturated heterocycles. The van der Waals surface area contributed by atoms with E-state index >= 15 is 0 Å². The minimum atomic E-state index is -1.03. The summed E-state index contributed by atoms with van der Waals surface area (Å²) in [6.45, 7) is 5.64. The number of nitrogens with zero attached hydrogens (tertiary/aromatic N) is 2. The quantitative estimate of drug-likeness (QED) is 0.689. The van der Waals surface area contributed by atoms with E-state index < -0.39 is 16.3 Å². The molecular formula is C14H14N2O4S. The van der Waals surface area contributed by atoms with Gasteiger partial charge < -0.3 is 5.11 Å². The van der Waals surface area contributed by atoms with E-state index in [2.05, 4.69) is 4.98 Å². The van der Waals surface area contributed by atoms with Crippen LogP contribution in [0.1, 0.15) is 36.1 Å². The van der Waals surface area contributed by atoms with Gasteiger partial charge in [0, 0.05) is 23.1 Å². The number of carbonyl (C=O) groups is 1. The van der Waals surface area contributed by atoms with Gasteiger partial charge in [0.25, 0.3) is 5.69 Å². The number of aromatic nitrogens is 1. The molecule has 1 heterocycles. The molecular weight excluding hydrogens is 292 g/mol. The van der Waals surface area contributed by atoms with E-state index in [0.29, 0.717) is 16.3 Å². The Balaban J connectivity index is 2.58. The highest BCUT2D eigenvalue weighted by molar-refractivity contribution is 7.17. The fraction of sp³-hybridized carbons (Fsp3) is 0.286. The molecule has 0 aliphatic rings. The number of non-ortho nitro benzene ring substituents is 1. The number of nitro groups is 1. The molecule has 7 heteroatoms. The molecule has 1 aromatic carbocycles. The van der Waals surface area contributed by atoms with Crippen molar-refractivity contribution in [3.05, 3.63) is 45.0 Å². The smallest absolute Gasteiger partial charge is 0.347 e. The van der Waals surface area contributed by atoms with Gasteiger partial charge >= 0.3 is 5.97 Å². The van der Waals surface area contributed by atoms with Crippen LogP contribution >= 0.6 is 11.3 Å². The summed E-state index contributed by atoms with van der Waals surface area (Å²) in [6, 6.07) is 6.03. The maximum absolute atomic E-state index is 11.4. The number of aromatic carboxylic acids is 1. The van der Waals surface area contributed by atoms with Crippen molar-refractivity contribution < 1.29 is 14.8 Å². The molecule has 0 aliphatic heterocycles. The zero-order chi connectivity index (χ0) is 15.8. The highest BCUT2D eigenvalue weighted by Gasteiger charge is 2.27. The van der Waals surface area contributed by atoms with Gasteiger partial charge in [0.1, 0.15) is 9.88 Å². The Kier molecular flexibility index (Phi) is 3.78. The van der Waals surface area contributed by atoms with Crippen LogP contribution < -0.4 is 0 Å². The molecule has 0 saturated carbocycles. The topological polar surface area (TPSA) is 93.3 Å². The number of carboxylic acid groups (broad SMARTS) is 1. The lowest BCUT2D eigenvalue weighted by molar-refractivity contribution is -0.384. The summed E-state index contributed by atoms with van der Waals surface area (Å²) in [7, 11) is 0. The van der Waals surface area contributed by atoms with Crippen LogP contribution in [0.25, 0.3) is 10.6 Å². The first kappa shape index (κ1) is 15.1. The third-order valence-electron chi connectivity index (χ3n) is 2.84. The fourth-order valence-corrected chi connectivity index (χ4v) is 2.96. The summed E-state index contributed by atoms with van der Waals surface area (Å²) < 4.78 is 0. The second kappa shape index (κ2) is 5.25. The van der Waals surface area contributed by atoms with Gasteiger partial charge in [0.15, 0.2) is 0 Å². The van der Waals surface area contributed by atoms with Crippen LogP contribution in [-0.4, -0.2) is 21.0 Å². The number of thiazole rings is 1. The maximum Gasteiger partial charge on any atom is 0.347 e. The molecule has 0 aliphatic carbocycles. The van der Waals surface area contributed by atoms with Gasteiger partial charge in [-0.2, -0.15) is 0 Å². The van der Waals surface area contributed by atoms with Crippen LogP contribution in [0.2, 0.25) is 0 Å². The molecule has 0 radical (unpaired) electrons. The second-order valence-electron chi connectivity index (χ2n) is 5.56. The van der Waals surface area contributed by atoms with Crippen molar-refractivity contribution in [1.82, 2.24) is 4.98 Å². The summed E-state index contributed by atoms with van der Waals surface area (Å²) in [4.78, 5) is 26.2. The number of hydrogen-bond donors (Lipinski definition) is 1. The second-order valence-corrected chi connectivity index (χ2v) is 6.56. The van der Waals surface area contributed by atoms with Crippen molar-refractivity contribution in [2.75, 3.05) is 0 Å². The van der Waals surface area contributed by atoms with E-state index in [0.717, 1.165) is 11.3 Å². The van der Waals surface area contributed by atoms with Gasteiger partial charge in [-0.25, -0.2) is 9.78 Å². The average Bonchev–Trinajstić information content (AvgIpc) is 2.84. The molecule has 110 valence electrons. The highest BCUT2D eigenvalue weighted by Crippen LogP contribution is 2.35. The Morgan fingerprint density at radius 3 is 2.52 bits per heavy atom. The molecule has 1 N–H and O–H groups in total. The van der Waals surface area contributed by atoms with Crippen LogP contribution in [-0.2, 0) is 5.41 Å². The van der Waals surface area contributed by atoms with Crippen LogP contribution in [0.5, 0.6) is 0 Å². The lowest BCUT2D eigenvalue weighted by Crippen LogP contribution is -2.16. The first-order chi connectivity index (χ1) is 9.70. The van der Waals surface area contributed by atoms with E-state index in [9.17, 15) is 20.0 Å². The van der Waals surface area contributed by atoms with Crippen LogP contribution in [0.4, 0.5) is 5.69 Å². The number of hydrogen-bond acceptors (Lipinski definition) is 5. The van der Waals surface area contributed by atoms with E-state index in [-0.39, 0.29) is 10.6 Å². The summed E-state index contributed by atoms with van der Waals surface area (Å²) in [5, 5.41) is 20.6. The first-order valence-corrected chi connectivity index (χ1v) is 7.01. The molecule has 0 spiro atoms. The molecule has 0 bridgehead atoms. The predicted octanol–water partition coefficient (Wildman–Crippen LogP) is 3.71. The minimum absolute atomic E-state index is 0.0446. The number of carboxylic acids is 1. The van der Waals surface area contributed by atoms with Gasteiger partial charge in [-0.3, -0.25) is 10.1 Å². The van der Waals surface area contributed by atoms with E-state index in [4.69, 9.17) is 0 Å². The van der Waals surface area contributed by atoms with E-state index in [1.54, 1.807) is 12.1 Å². The molecule has 0 fully saturated rings. The zero-order valence-electron chi connectivity index (χ0n) is 11.8.